The van der Waals surface area contributed by atoms with Gasteiger partial charge in [-0.1, -0.05) is 0 Å². The molecular formula is C24H23F6N7O4S. The standard InChI is InChI=1S/C24H23F6N7O4S/c1-36(2)22-33-18-10-13-37(20-17(23(25,26)27)4-3-11-31-20)12-9-16(18)19(34-22)32-14-5-7-15(8-6-14)42(39,40)35-41-21(38)24(28,29)30/h3-8,11,35H,9-10,12-13H2,1-2H3,(H,32,33,34). The third kappa shape index (κ3) is 6.99. The molecule has 0 saturated heterocycles. The second-order valence-electron chi connectivity index (χ2n) is 9.17. The van der Waals surface area contributed by atoms with Crippen molar-refractivity contribution in [2.45, 2.75) is 30.1 Å². The number of sulfonamides is 1. The van der Waals surface area contributed by atoms with Crippen molar-refractivity contribution in [1.82, 2.24) is 19.8 Å². The van der Waals surface area contributed by atoms with Crippen molar-refractivity contribution in [1.29, 1.82) is 0 Å². The Morgan fingerprint density at radius 2 is 1.67 bits per heavy atom. The summed E-state index contributed by atoms with van der Waals surface area (Å²) in [4.78, 5) is 31.3. The molecule has 1 aliphatic heterocycles. The van der Waals surface area contributed by atoms with E-state index in [1.807, 2.05) is 0 Å². The Kier molecular flexibility index (Phi) is 8.49. The van der Waals surface area contributed by atoms with Crippen molar-refractivity contribution in [3.8, 4) is 0 Å². The number of fused-ring (bicyclic) bond motifs is 1. The van der Waals surface area contributed by atoms with E-state index in [0.29, 0.717) is 28.7 Å². The zero-order valence-corrected chi connectivity index (χ0v) is 22.7. The Morgan fingerprint density at radius 3 is 2.29 bits per heavy atom. The minimum atomic E-state index is -5.40. The smallest absolute Gasteiger partial charge is 0.355 e. The molecule has 0 fully saturated rings. The van der Waals surface area contributed by atoms with Crippen LogP contribution >= 0.6 is 0 Å². The highest BCUT2D eigenvalue weighted by Crippen LogP contribution is 2.36. The van der Waals surface area contributed by atoms with Crippen molar-refractivity contribution in [3.63, 3.8) is 0 Å². The fraction of sp³-hybridized carbons (Fsp3) is 0.333. The van der Waals surface area contributed by atoms with E-state index in [9.17, 15) is 39.6 Å². The minimum absolute atomic E-state index is 0.173. The fourth-order valence-corrected chi connectivity index (χ4v) is 4.80. The van der Waals surface area contributed by atoms with Crippen LogP contribution in [0.1, 0.15) is 16.8 Å². The Bertz CT molecular complexity index is 1560. The van der Waals surface area contributed by atoms with Crippen LogP contribution in [0, 0.1) is 0 Å². The van der Waals surface area contributed by atoms with Gasteiger partial charge in [-0.3, -0.25) is 0 Å². The summed E-state index contributed by atoms with van der Waals surface area (Å²) in [5.41, 5.74) is 0.701. The van der Waals surface area contributed by atoms with Crippen molar-refractivity contribution >= 4 is 39.3 Å². The van der Waals surface area contributed by atoms with Gasteiger partial charge in [0, 0.05) is 51.1 Å². The number of benzene rings is 1. The number of nitrogens with zero attached hydrogens (tertiary/aromatic N) is 5. The average Bonchev–Trinajstić information content (AvgIpc) is 3.14. The third-order valence-electron chi connectivity index (χ3n) is 6.03. The predicted octanol–water partition coefficient (Wildman–Crippen LogP) is 3.60. The molecule has 0 saturated carbocycles. The van der Waals surface area contributed by atoms with Gasteiger partial charge in [-0.2, -0.15) is 31.3 Å². The van der Waals surface area contributed by atoms with Gasteiger partial charge < -0.3 is 20.0 Å². The molecule has 0 radical (unpaired) electrons. The first-order chi connectivity index (χ1) is 19.6. The van der Waals surface area contributed by atoms with Crippen molar-refractivity contribution in [2.75, 3.05) is 42.3 Å². The Morgan fingerprint density at radius 1 is 1.00 bits per heavy atom. The number of carbonyl (C=O) groups excluding carboxylic acids is 1. The first kappa shape index (κ1) is 30.8. The molecule has 3 aromatic rings. The highest BCUT2D eigenvalue weighted by molar-refractivity contribution is 7.89. The van der Waals surface area contributed by atoms with Crippen LogP contribution in [0.4, 0.5) is 49.6 Å². The summed E-state index contributed by atoms with van der Waals surface area (Å²) >= 11 is 0. The normalized spacial score (nSPS) is 14.1. The van der Waals surface area contributed by atoms with Crippen LogP contribution in [0.2, 0.25) is 0 Å². The monoisotopic (exact) mass is 619 g/mol. The molecular weight excluding hydrogens is 596 g/mol. The lowest BCUT2D eigenvalue weighted by atomic mass is 10.1. The van der Waals surface area contributed by atoms with E-state index in [1.54, 1.807) is 19.0 Å². The molecule has 3 heterocycles. The van der Waals surface area contributed by atoms with Gasteiger partial charge in [-0.15, -0.1) is 0 Å². The van der Waals surface area contributed by atoms with Gasteiger partial charge >= 0.3 is 18.3 Å². The molecule has 1 aromatic carbocycles. The van der Waals surface area contributed by atoms with Gasteiger partial charge in [0.2, 0.25) is 5.95 Å². The summed E-state index contributed by atoms with van der Waals surface area (Å²) in [5, 5.41) is 3.05. The Hall–Kier alpha value is -4.19. The summed E-state index contributed by atoms with van der Waals surface area (Å²) in [6, 6.07) is 6.90. The lowest BCUT2D eigenvalue weighted by molar-refractivity contribution is -0.203. The zero-order valence-electron chi connectivity index (χ0n) is 21.9. The van der Waals surface area contributed by atoms with Crippen LogP contribution in [-0.4, -0.2) is 62.7 Å². The van der Waals surface area contributed by atoms with Gasteiger partial charge in [-0.25, -0.2) is 23.2 Å². The summed E-state index contributed by atoms with van der Waals surface area (Å²) in [7, 11) is -1.22. The van der Waals surface area contributed by atoms with Gasteiger partial charge in [0.15, 0.2) is 0 Å². The molecule has 4 rings (SSSR count). The van der Waals surface area contributed by atoms with Crippen molar-refractivity contribution in [3.05, 3.63) is 59.4 Å². The second kappa shape index (κ2) is 11.6. The Balaban J connectivity index is 1.58. The highest BCUT2D eigenvalue weighted by atomic mass is 32.2. The molecule has 2 N–H and O–H groups in total. The molecule has 18 heteroatoms. The number of aromatic nitrogens is 3. The Labute approximate surface area is 235 Å². The van der Waals surface area contributed by atoms with E-state index in [4.69, 9.17) is 0 Å². The van der Waals surface area contributed by atoms with Gasteiger partial charge in [0.25, 0.3) is 10.0 Å². The first-order valence-corrected chi connectivity index (χ1v) is 13.6. The molecule has 0 spiro atoms. The van der Waals surface area contributed by atoms with Gasteiger partial charge in [0.05, 0.1) is 16.2 Å². The van der Waals surface area contributed by atoms with Crippen molar-refractivity contribution < 1.29 is 44.4 Å². The molecule has 0 aliphatic carbocycles. The van der Waals surface area contributed by atoms with Gasteiger partial charge in [0.1, 0.15) is 11.6 Å². The van der Waals surface area contributed by atoms with E-state index in [-0.39, 0.29) is 31.7 Å². The maximum absolute atomic E-state index is 13.6. The third-order valence-corrected chi connectivity index (χ3v) is 7.22. The topological polar surface area (TPSA) is 130 Å². The summed E-state index contributed by atoms with van der Waals surface area (Å²) in [5.74, 6) is -2.29. The number of alkyl halides is 6. The molecule has 42 heavy (non-hydrogen) atoms. The number of nitrogens with one attached hydrogen (secondary N) is 2. The summed E-state index contributed by atoms with van der Waals surface area (Å²) in [6.07, 6.45) is -8.17. The number of hydrogen-bond donors (Lipinski definition) is 2. The van der Waals surface area contributed by atoms with Crippen LogP contribution in [0.3, 0.4) is 0 Å². The van der Waals surface area contributed by atoms with E-state index in [1.165, 1.54) is 29.3 Å². The molecule has 0 atom stereocenters. The predicted molar refractivity (Wildman–Crippen MR) is 137 cm³/mol. The number of rotatable bonds is 7. The fourth-order valence-electron chi connectivity index (χ4n) is 4.02. The maximum Gasteiger partial charge on any atom is 0.492 e. The average molecular weight is 620 g/mol. The number of pyridine rings is 1. The zero-order chi connectivity index (χ0) is 30.9. The SMILES string of the molecule is CN(C)c1nc2c(c(Nc3ccc(S(=O)(=O)NOC(=O)C(F)(F)F)cc3)n1)CCN(c1ncccc1C(F)(F)F)CC2. The number of halogens is 6. The van der Waals surface area contributed by atoms with Crippen LogP contribution in [0.25, 0.3) is 0 Å². The van der Waals surface area contributed by atoms with Crippen LogP contribution in [0.5, 0.6) is 0 Å². The quantitative estimate of drug-likeness (QED) is 0.299. The molecule has 0 bridgehead atoms. The second-order valence-corrected chi connectivity index (χ2v) is 10.8. The van der Waals surface area contributed by atoms with E-state index in [0.717, 1.165) is 23.1 Å². The number of anilines is 4. The van der Waals surface area contributed by atoms with E-state index >= 15 is 0 Å². The molecule has 0 unspecified atom stereocenters. The van der Waals surface area contributed by atoms with Crippen molar-refractivity contribution in [2.24, 2.45) is 0 Å². The van der Waals surface area contributed by atoms with Crippen LogP contribution in [0.15, 0.2) is 47.5 Å². The highest BCUT2D eigenvalue weighted by Gasteiger charge is 2.42. The summed E-state index contributed by atoms with van der Waals surface area (Å²) in [6.45, 7) is 0.376. The number of carbonyl (C=O) groups is 1. The molecule has 226 valence electrons. The molecule has 2 aromatic heterocycles. The molecule has 0 amide bonds. The van der Waals surface area contributed by atoms with Crippen LogP contribution < -0.4 is 20.0 Å². The molecule has 11 nitrogen and oxygen atoms in total. The molecule has 1 aliphatic rings. The van der Waals surface area contributed by atoms with E-state index < -0.39 is 38.8 Å². The van der Waals surface area contributed by atoms with Crippen LogP contribution in [-0.2, 0) is 38.7 Å². The van der Waals surface area contributed by atoms with Gasteiger partial charge in [-0.05, 0) is 47.7 Å². The lowest BCUT2D eigenvalue weighted by Crippen LogP contribution is -2.34. The lowest BCUT2D eigenvalue weighted by Gasteiger charge is -2.24. The first-order valence-electron chi connectivity index (χ1n) is 12.1. The largest absolute Gasteiger partial charge is 0.492 e. The maximum atomic E-state index is 13.6. The van der Waals surface area contributed by atoms with E-state index in [2.05, 4.69) is 25.1 Å². The summed E-state index contributed by atoms with van der Waals surface area (Å²) < 4.78 is 102. The number of hydrogen-bond acceptors (Lipinski definition) is 10. The minimum Gasteiger partial charge on any atom is -0.355 e.